The van der Waals surface area contributed by atoms with Gasteiger partial charge in [-0.05, 0) is 30.5 Å². The second-order valence-electron chi connectivity index (χ2n) is 5.16. The van der Waals surface area contributed by atoms with Gasteiger partial charge in [-0.25, -0.2) is 0 Å². The van der Waals surface area contributed by atoms with Gasteiger partial charge in [0.2, 0.25) is 0 Å². The minimum absolute atomic E-state index is 0.0584. The number of para-hydroxylation sites is 1. The highest BCUT2D eigenvalue weighted by Crippen LogP contribution is 2.22. The molecule has 1 aliphatic rings. The first-order valence-corrected chi connectivity index (χ1v) is 6.93. The van der Waals surface area contributed by atoms with Gasteiger partial charge in [-0.1, -0.05) is 18.2 Å². The van der Waals surface area contributed by atoms with Gasteiger partial charge < -0.3 is 14.6 Å². The molecule has 1 aliphatic heterocycles. The molecule has 3 rings (SSSR count). The van der Waals surface area contributed by atoms with Crippen molar-refractivity contribution < 1.29 is 9.21 Å². The maximum Gasteiger partial charge on any atom is 0.254 e. The number of anilines is 1. The van der Waals surface area contributed by atoms with E-state index in [2.05, 4.69) is 34.5 Å². The summed E-state index contributed by atoms with van der Waals surface area (Å²) in [5.41, 5.74) is 1.85. The summed E-state index contributed by atoms with van der Waals surface area (Å²) in [6.07, 6.45) is 4.10. The molecule has 4 heteroatoms. The average Bonchev–Trinajstić information content (AvgIpc) is 3.17. The Kier molecular flexibility index (Phi) is 3.72. The summed E-state index contributed by atoms with van der Waals surface area (Å²) in [5.74, 6) is 0.447. The minimum Gasteiger partial charge on any atom is -0.472 e. The lowest BCUT2D eigenvalue weighted by molar-refractivity contribution is 0.0947. The molecule has 0 spiro atoms. The molecule has 0 saturated carbocycles. The normalized spacial score (nSPS) is 18.2. The number of furan rings is 1. The lowest BCUT2D eigenvalue weighted by Crippen LogP contribution is -2.30. The molecule has 1 atom stereocenters. The lowest BCUT2D eigenvalue weighted by Gasteiger charge is -2.18. The van der Waals surface area contributed by atoms with E-state index in [0.29, 0.717) is 18.0 Å². The van der Waals surface area contributed by atoms with E-state index in [1.54, 1.807) is 6.07 Å². The van der Waals surface area contributed by atoms with Crippen molar-refractivity contribution in [1.82, 2.24) is 5.32 Å². The largest absolute Gasteiger partial charge is 0.472 e. The van der Waals surface area contributed by atoms with Crippen molar-refractivity contribution in [3.05, 3.63) is 54.5 Å². The first-order chi connectivity index (χ1) is 9.83. The van der Waals surface area contributed by atoms with Crippen molar-refractivity contribution in [1.29, 1.82) is 0 Å². The van der Waals surface area contributed by atoms with Crippen LogP contribution in [0.1, 0.15) is 16.8 Å². The molecule has 1 aromatic carbocycles. The van der Waals surface area contributed by atoms with E-state index in [0.717, 1.165) is 19.5 Å². The lowest BCUT2D eigenvalue weighted by atomic mass is 10.1. The smallest absolute Gasteiger partial charge is 0.254 e. The fourth-order valence-corrected chi connectivity index (χ4v) is 2.61. The van der Waals surface area contributed by atoms with Crippen molar-refractivity contribution in [2.45, 2.75) is 6.42 Å². The van der Waals surface area contributed by atoms with Crippen LogP contribution in [0.25, 0.3) is 0 Å². The summed E-state index contributed by atoms with van der Waals surface area (Å²) in [5, 5.41) is 2.97. The van der Waals surface area contributed by atoms with Crippen LogP contribution in [0.15, 0.2) is 53.3 Å². The number of hydrogen-bond donors (Lipinski definition) is 1. The Morgan fingerprint density at radius 1 is 1.30 bits per heavy atom. The molecule has 20 heavy (non-hydrogen) atoms. The molecule has 1 unspecified atom stereocenters. The molecule has 0 bridgehead atoms. The molecule has 1 saturated heterocycles. The summed E-state index contributed by atoms with van der Waals surface area (Å²) in [4.78, 5) is 14.2. The van der Waals surface area contributed by atoms with Crippen LogP contribution in [0, 0.1) is 5.92 Å². The van der Waals surface area contributed by atoms with Crippen molar-refractivity contribution in [3.63, 3.8) is 0 Å². The van der Waals surface area contributed by atoms with Gasteiger partial charge in [-0.2, -0.15) is 0 Å². The number of benzene rings is 1. The van der Waals surface area contributed by atoms with E-state index in [9.17, 15) is 4.79 Å². The van der Waals surface area contributed by atoms with Crippen molar-refractivity contribution in [2.24, 2.45) is 5.92 Å². The van der Waals surface area contributed by atoms with Crippen LogP contribution in [0.4, 0.5) is 5.69 Å². The maximum atomic E-state index is 11.8. The topological polar surface area (TPSA) is 45.5 Å². The molecule has 1 fully saturated rings. The Morgan fingerprint density at radius 2 is 2.15 bits per heavy atom. The van der Waals surface area contributed by atoms with Gasteiger partial charge in [0.15, 0.2) is 0 Å². The molecule has 1 aromatic heterocycles. The highest BCUT2D eigenvalue weighted by molar-refractivity contribution is 5.93. The zero-order chi connectivity index (χ0) is 13.8. The summed E-state index contributed by atoms with van der Waals surface area (Å²) in [6, 6.07) is 12.1. The van der Waals surface area contributed by atoms with Gasteiger partial charge in [0.05, 0.1) is 11.8 Å². The van der Waals surface area contributed by atoms with Crippen LogP contribution < -0.4 is 10.2 Å². The Bertz CT molecular complexity index is 551. The number of hydrogen-bond acceptors (Lipinski definition) is 3. The molecule has 4 nitrogen and oxygen atoms in total. The van der Waals surface area contributed by atoms with Gasteiger partial charge in [-0.15, -0.1) is 0 Å². The van der Waals surface area contributed by atoms with Crippen molar-refractivity contribution >= 4 is 11.6 Å². The second kappa shape index (κ2) is 5.82. The predicted octanol–water partition coefficient (Wildman–Crippen LogP) is 2.54. The summed E-state index contributed by atoms with van der Waals surface area (Å²) in [7, 11) is 0. The number of nitrogens with one attached hydrogen (secondary N) is 1. The molecular formula is C16H18N2O2. The Labute approximate surface area is 118 Å². The zero-order valence-corrected chi connectivity index (χ0v) is 11.3. The third kappa shape index (κ3) is 2.85. The minimum atomic E-state index is -0.0584. The Morgan fingerprint density at radius 3 is 2.90 bits per heavy atom. The van der Waals surface area contributed by atoms with E-state index in [-0.39, 0.29) is 5.91 Å². The maximum absolute atomic E-state index is 11.8. The first kappa shape index (κ1) is 12.8. The molecule has 104 valence electrons. The van der Waals surface area contributed by atoms with Crippen LogP contribution >= 0.6 is 0 Å². The molecule has 1 amide bonds. The van der Waals surface area contributed by atoms with E-state index in [1.807, 2.05) is 6.07 Å². The van der Waals surface area contributed by atoms with Crippen molar-refractivity contribution in [2.75, 3.05) is 24.5 Å². The molecular weight excluding hydrogens is 252 g/mol. The number of nitrogens with zero attached hydrogens (tertiary/aromatic N) is 1. The van der Waals surface area contributed by atoms with Gasteiger partial charge in [0.25, 0.3) is 5.91 Å². The highest BCUT2D eigenvalue weighted by Gasteiger charge is 2.23. The van der Waals surface area contributed by atoms with Gasteiger partial charge in [-0.3, -0.25) is 4.79 Å². The average molecular weight is 270 g/mol. The van der Waals surface area contributed by atoms with E-state index < -0.39 is 0 Å². The fraction of sp³-hybridized carbons (Fsp3) is 0.312. The third-order valence-corrected chi connectivity index (χ3v) is 3.74. The van der Waals surface area contributed by atoms with E-state index in [4.69, 9.17) is 4.42 Å². The van der Waals surface area contributed by atoms with Crippen LogP contribution in [0.3, 0.4) is 0 Å². The summed E-state index contributed by atoms with van der Waals surface area (Å²) < 4.78 is 4.91. The molecule has 0 aliphatic carbocycles. The van der Waals surface area contributed by atoms with Crippen LogP contribution in [-0.2, 0) is 0 Å². The number of carbonyl (C=O) groups excluding carboxylic acids is 1. The van der Waals surface area contributed by atoms with Gasteiger partial charge in [0, 0.05) is 25.3 Å². The monoisotopic (exact) mass is 270 g/mol. The number of amides is 1. The van der Waals surface area contributed by atoms with Gasteiger partial charge >= 0.3 is 0 Å². The predicted molar refractivity (Wildman–Crippen MR) is 77.8 cm³/mol. The van der Waals surface area contributed by atoms with Crippen LogP contribution in [0.2, 0.25) is 0 Å². The van der Waals surface area contributed by atoms with Gasteiger partial charge in [0.1, 0.15) is 6.26 Å². The SMILES string of the molecule is O=C(NCC1CCN(c2ccccc2)C1)c1ccoc1. The number of rotatable bonds is 4. The Balaban J connectivity index is 1.50. The standard InChI is InChI=1S/C16H18N2O2/c19-16(14-7-9-20-12-14)17-10-13-6-8-18(11-13)15-4-2-1-3-5-15/h1-5,7,9,12-13H,6,8,10-11H2,(H,17,19). The van der Waals surface area contributed by atoms with Crippen LogP contribution in [0.5, 0.6) is 0 Å². The molecule has 2 aromatic rings. The molecule has 2 heterocycles. The zero-order valence-electron chi connectivity index (χ0n) is 11.3. The highest BCUT2D eigenvalue weighted by atomic mass is 16.3. The van der Waals surface area contributed by atoms with Crippen molar-refractivity contribution in [3.8, 4) is 0 Å². The fourth-order valence-electron chi connectivity index (χ4n) is 2.61. The summed E-state index contributed by atoms with van der Waals surface area (Å²) >= 11 is 0. The van der Waals surface area contributed by atoms with Crippen LogP contribution in [-0.4, -0.2) is 25.5 Å². The second-order valence-corrected chi connectivity index (χ2v) is 5.16. The summed E-state index contributed by atoms with van der Waals surface area (Å²) in [6.45, 7) is 2.76. The third-order valence-electron chi connectivity index (χ3n) is 3.74. The molecule has 0 radical (unpaired) electrons. The van der Waals surface area contributed by atoms with E-state index >= 15 is 0 Å². The van der Waals surface area contributed by atoms with E-state index in [1.165, 1.54) is 18.2 Å². The Hall–Kier alpha value is -2.23. The molecule has 1 N–H and O–H groups in total. The number of carbonyl (C=O) groups is 1. The first-order valence-electron chi connectivity index (χ1n) is 6.93. The quantitative estimate of drug-likeness (QED) is 0.928.